The van der Waals surface area contributed by atoms with E-state index in [0.29, 0.717) is 18.2 Å². The molecule has 7 heteroatoms. The first-order valence-electron chi connectivity index (χ1n) is 6.96. The van der Waals surface area contributed by atoms with E-state index in [1.807, 2.05) is 26.8 Å². The summed E-state index contributed by atoms with van der Waals surface area (Å²) in [5.74, 6) is 1.11. The Labute approximate surface area is 123 Å². The summed E-state index contributed by atoms with van der Waals surface area (Å²) in [4.78, 5) is 20.1. The second-order valence-corrected chi connectivity index (χ2v) is 4.80. The van der Waals surface area contributed by atoms with Crippen LogP contribution in [-0.2, 0) is 4.79 Å². The zero-order valence-electron chi connectivity index (χ0n) is 12.6. The first-order chi connectivity index (χ1) is 10.1. The highest BCUT2D eigenvalue weighted by molar-refractivity contribution is 5.80. The van der Waals surface area contributed by atoms with Crippen LogP contribution in [0.1, 0.15) is 24.7 Å². The zero-order chi connectivity index (χ0) is 15.2. The number of aryl methyl sites for hydroxylation is 2. The normalized spacial score (nSPS) is 10.4. The van der Waals surface area contributed by atoms with Gasteiger partial charge in [-0.25, -0.2) is 9.67 Å². The average Bonchev–Trinajstić information content (AvgIpc) is 2.82. The molecule has 0 bridgehead atoms. The molecule has 0 aliphatic carbocycles. The monoisotopic (exact) mass is 288 g/mol. The van der Waals surface area contributed by atoms with E-state index in [-0.39, 0.29) is 12.5 Å². The van der Waals surface area contributed by atoms with Gasteiger partial charge in [-0.3, -0.25) is 9.78 Å². The van der Waals surface area contributed by atoms with E-state index in [1.165, 1.54) is 0 Å². The molecule has 21 heavy (non-hydrogen) atoms. The molecular weight excluding hydrogens is 268 g/mol. The number of hydrogen-bond donors (Lipinski definition) is 2. The van der Waals surface area contributed by atoms with E-state index in [9.17, 15) is 4.79 Å². The maximum atomic E-state index is 11.5. The first kappa shape index (κ1) is 15.0. The Balaban J connectivity index is 2.04. The van der Waals surface area contributed by atoms with Crippen LogP contribution in [0.15, 0.2) is 18.5 Å². The van der Waals surface area contributed by atoms with E-state index in [1.54, 1.807) is 17.1 Å². The minimum Gasteiger partial charge on any atom is -0.360 e. The lowest BCUT2D eigenvalue weighted by atomic mass is 10.4. The highest BCUT2D eigenvalue weighted by Crippen LogP contribution is 2.10. The summed E-state index contributed by atoms with van der Waals surface area (Å²) in [5.41, 5.74) is 1.91. The molecule has 7 nitrogen and oxygen atoms in total. The molecule has 0 saturated carbocycles. The smallest absolute Gasteiger partial charge is 0.239 e. The Morgan fingerprint density at radius 3 is 2.81 bits per heavy atom. The number of amides is 1. The van der Waals surface area contributed by atoms with Gasteiger partial charge in [0.15, 0.2) is 5.82 Å². The number of rotatable bonds is 6. The van der Waals surface area contributed by atoms with Crippen LogP contribution in [-0.4, -0.2) is 38.7 Å². The van der Waals surface area contributed by atoms with Crippen molar-refractivity contribution in [3.63, 3.8) is 0 Å². The van der Waals surface area contributed by atoms with Crippen molar-refractivity contribution in [3.05, 3.63) is 29.8 Å². The topological polar surface area (TPSA) is 84.7 Å². The molecule has 2 aromatic rings. The molecule has 0 aromatic carbocycles. The number of carbonyl (C=O) groups excluding carboxylic acids is 1. The highest BCUT2D eigenvalue weighted by Gasteiger charge is 2.07. The maximum Gasteiger partial charge on any atom is 0.239 e. The second kappa shape index (κ2) is 6.83. The second-order valence-electron chi connectivity index (χ2n) is 4.80. The predicted molar refractivity (Wildman–Crippen MR) is 80.4 cm³/mol. The Bertz CT molecular complexity index is 622. The summed E-state index contributed by atoms with van der Waals surface area (Å²) in [7, 11) is 0. The van der Waals surface area contributed by atoms with Crippen LogP contribution in [0, 0.1) is 13.8 Å². The molecule has 1 amide bonds. The third-order valence-electron chi connectivity index (χ3n) is 2.85. The lowest BCUT2D eigenvalue weighted by molar-refractivity contribution is -0.119. The van der Waals surface area contributed by atoms with Gasteiger partial charge in [0.2, 0.25) is 5.91 Å². The van der Waals surface area contributed by atoms with Crippen LogP contribution in [0.3, 0.4) is 0 Å². The van der Waals surface area contributed by atoms with Gasteiger partial charge in [-0.05, 0) is 26.3 Å². The fraction of sp³-hybridized carbons (Fsp3) is 0.429. The number of carbonyl (C=O) groups is 1. The molecule has 0 fully saturated rings. The van der Waals surface area contributed by atoms with Crippen LogP contribution < -0.4 is 10.6 Å². The molecule has 0 unspecified atom stereocenters. The van der Waals surface area contributed by atoms with Crippen LogP contribution in [0.2, 0.25) is 0 Å². The van der Waals surface area contributed by atoms with Crippen molar-refractivity contribution in [2.24, 2.45) is 0 Å². The Hall–Kier alpha value is -2.44. The maximum absolute atomic E-state index is 11.5. The van der Waals surface area contributed by atoms with E-state index < -0.39 is 0 Å². The summed E-state index contributed by atoms with van der Waals surface area (Å²) >= 11 is 0. The molecular formula is C14H20N6O. The van der Waals surface area contributed by atoms with Gasteiger partial charge in [-0.15, -0.1) is 0 Å². The molecule has 2 heterocycles. The van der Waals surface area contributed by atoms with Crippen molar-refractivity contribution in [2.45, 2.75) is 27.2 Å². The van der Waals surface area contributed by atoms with E-state index in [4.69, 9.17) is 0 Å². The van der Waals surface area contributed by atoms with Gasteiger partial charge in [-0.1, -0.05) is 6.92 Å². The molecule has 0 spiro atoms. The number of nitrogens with one attached hydrogen (secondary N) is 2. The summed E-state index contributed by atoms with van der Waals surface area (Å²) in [5, 5.41) is 10.1. The number of anilines is 1. The fourth-order valence-corrected chi connectivity index (χ4v) is 1.90. The zero-order valence-corrected chi connectivity index (χ0v) is 12.6. The quantitative estimate of drug-likeness (QED) is 0.835. The van der Waals surface area contributed by atoms with Crippen molar-refractivity contribution in [1.29, 1.82) is 0 Å². The van der Waals surface area contributed by atoms with Crippen molar-refractivity contribution < 1.29 is 4.79 Å². The average molecular weight is 288 g/mol. The van der Waals surface area contributed by atoms with Crippen LogP contribution in [0.25, 0.3) is 5.82 Å². The van der Waals surface area contributed by atoms with Gasteiger partial charge in [0.1, 0.15) is 5.82 Å². The summed E-state index contributed by atoms with van der Waals surface area (Å²) in [6.07, 6.45) is 4.14. The molecule has 0 aliphatic rings. The number of hydrogen-bond acceptors (Lipinski definition) is 5. The fourth-order valence-electron chi connectivity index (χ4n) is 1.90. The van der Waals surface area contributed by atoms with E-state index in [2.05, 4.69) is 25.7 Å². The summed E-state index contributed by atoms with van der Waals surface area (Å²) in [6.45, 7) is 6.75. The molecule has 2 rings (SSSR count). The standard InChI is InChI=1S/C14H20N6O/c1-4-5-16-14(21)9-17-12-7-15-8-13(18-12)20-11(3)6-10(2)19-20/h6-8H,4-5,9H2,1-3H3,(H,16,21)(H,17,18). The largest absolute Gasteiger partial charge is 0.360 e. The summed E-state index contributed by atoms with van der Waals surface area (Å²) in [6, 6.07) is 1.97. The SMILES string of the molecule is CCCNC(=O)CNc1cncc(-n2nc(C)cc2C)n1. The van der Waals surface area contributed by atoms with Gasteiger partial charge in [0.05, 0.1) is 24.6 Å². The number of nitrogens with zero attached hydrogens (tertiary/aromatic N) is 4. The minimum absolute atomic E-state index is 0.0600. The Morgan fingerprint density at radius 1 is 1.33 bits per heavy atom. The minimum atomic E-state index is -0.0600. The van der Waals surface area contributed by atoms with Crippen molar-refractivity contribution in [1.82, 2.24) is 25.1 Å². The molecule has 0 saturated heterocycles. The summed E-state index contributed by atoms with van der Waals surface area (Å²) < 4.78 is 1.73. The molecule has 0 radical (unpaired) electrons. The Kier molecular flexibility index (Phi) is 4.86. The molecule has 0 atom stereocenters. The van der Waals surface area contributed by atoms with E-state index in [0.717, 1.165) is 17.8 Å². The van der Waals surface area contributed by atoms with E-state index >= 15 is 0 Å². The predicted octanol–water partition coefficient (Wildman–Crippen LogP) is 1.22. The molecule has 2 aromatic heterocycles. The lowest BCUT2D eigenvalue weighted by Gasteiger charge is -2.08. The molecule has 0 aliphatic heterocycles. The van der Waals surface area contributed by atoms with Crippen LogP contribution >= 0.6 is 0 Å². The van der Waals surface area contributed by atoms with Crippen molar-refractivity contribution >= 4 is 11.7 Å². The number of aromatic nitrogens is 4. The Morgan fingerprint density at radius 2 is 2.14 bits per heavy atom. The third kappa shape index (κ3) is 4.01. The van der Waals surface area contributed by atoms with Crippen molar-refractivity contribution in [3.8, 4) is 5.82 Å². The lowest BCUT2D eigenvalue weighted by Crippen LogP contribution is -2.30. The van der Waals surface area contributed by atoms with Gasteiger partial charge in [-0.2, -0.15) is 5.10 Å². The molecule has 2 N–H and O–H groups in total. The van der Waals surface area contributed by atoms with Gasteiger partial charge in [0.25, 0.3) is 0 Å². The highest BCUT2D eigenvalue weighted by atomic mass is 16.1. The van der Waals surface area contributed by atoms with Crippen molar-refractivity contribution in [2.75, 3.05) is 18.4 Å². The van der Waals surface area contributed by atoms with Gasteiger partial charge >= 0.3 is 0 Å². The third-order valence-corrected chi connectivity index (χ3v) is 2.85. The van der Waals surface area contributed by atoms with Gasteiger partial charge in [0, 0.05) is 12.2 Å². The van der Waals surface area contributed by atoms with Crippen LogP contribution in [0.4, 0.5) is 5.82 Å². The van der Waals surface area contributed by atoms with Gasteiger partial charge < -0.3 is 10.6 Å². The molecule has 112 valence electrons. The van der Waals surface area contributed by atoms with Crippen LogP contribution in [0.5, 0.6) is 0 Å². The first-order valence-corrected chi connectivity index (χ1v) is 6.96.